The molecule has 1 aromatic carbocycles. The number of carbonyl (C=O) groups is 1. The maximum Gasteiger partial charge on any atom is 0.243 e. The molecular formula is C18H27N3O3S. The van der Waals surface area contributed by atoms with Crippen molar-refractivity contribution < 1.29 is 13.2 Å². The van der Waals surface area contributed by atoms with Crippen LogP contribution in [0.4, 0.5) is 0 Å². The van der Waals surface area contributed by atoms with Crippen LogP contribution in [0.25, 0.3) is 0 Å². The van der Waals surface area contributed by atoms with Gasteiger partial charge in [-0.2, -0.15) is 4.31 Å². The number of rotatable bonds is 6. The van der Waals surface area contributed by atoms with E-state index in [0.29, 0.717) is 18.0 Å². The zero-order valence-corrected chi connectivity index (χ0v) is 15.8. The first-order chi connectivity index (χ1) is 11.9. The van der Waals surface area contributed by atoms with Gasteiger partial charge in [0, 0.05) is 45.2 Å². The van der Waals surface area contributed by atoms with Crippen LogP contribution in [0.2, 0.25) is 0 Å². The number of piperazine rings is 1. The number of benzene rings is 1. The summed E-state index contributed by atoms with van der Waals surface area (Å²) in [5, 5.41) is 3.22. The summed E-state index contributed by atoms with van der Waals surface area (Å²) >= 11 is 0. The van der Waals surface area contributed by atoms with Crippen LogP contribution in [-0.2, 0) is 14.8 Å². The highest BCUT2D eigenvalue weighted by Crippen LogP contribution is 2.32. The molecule has 2 aliphatic rings. The van der Waals surface area contributed by atoms with Gasteiger partial charge in [0.1, 0.15) is 0 Å². The largest absolute Gasteiger partial charge is 0.340 e. The van der Waals surface area contributed by atoms with Gasteiger partial charge in [-0.3, -0.25) is 4.79 Å². The lowest BCUT2D eigenvalue weighted by Crippen LogP contribution is -2.47. The third kappa shape index (κ3) is 4.22. The number of nitrogens with zero attached hydrogens (tertiary/aromatic N) is 2. The van der Waals surface area contributed by atoms with Crippen molar-refractivity contribution >= 4 is 15.9 Å². The van der Waals surface area contributed by atoms with Gasteiger partial charge in [-0.15, -0.1) is 0 Å². The van der Waals surface area contributed by atoms with Crippen LogP contribution in [0.5, 0.6) is 0 Å². The van der Waals surface area contributed by atoms with E-state index in [0.717, 1.165) is 37.1 Å². The summed E-state index contributed by atoms with van der Waals surface area (Å²) in [4.78, 5) is 14.5. The number of aryl methyl sites for hydroxylation is 2. The van der Waals surface area contributed by atoms with Crippen molar-refractivity contribution in [3.05, 3.63) is 29.3 Å². The average molecular weight is 365 g/mol. The zero-order valence-electron chi connectivity index (χ0n) is 15.0. The number of hydrogen-bond donors (Lipinski definition) is 1. The molecule has 1 aliphatic heterocycles. The molecular weight excluding hydrogens is 338 g/mol. The second-order valence-electron chi connectivity index (χ2n) is 6.97. The Bertz CT molecular complexity index is 738. The number of nitrogens with one attached hydrogen (secondary N) is 1. The van der Waals surface area contributed by atoms with E-state index < -0.39 is 10.0 Å². The molecule has 2 fully saturated rings. The van der Waals surface area contributed by atoms with Crippen molar-refractivity contribution in [3.63, 3.8) is 0 Å². The first kappa shape index (κ1) is 18.4. The third-order valence-electron chi connectivity index (χ3n) is 5.05. The van der Waals surface area contributed by atoms with Crippen molar-refractivity contribution in [1.82, 2.24) is 14.5 Å². The Morgan fingerprint density at radius 2 is 1.88 bits per heavy atom. The lowest BCUT2D eigenvalue weighted by molar-refractivity contribution is -0.131. The maximum atomic E-state index is 13.1. The fourth-order valence-corrected chi connectivity index (χ4v) is 4.92. The molecule has 1 N–H and O–H groups in total. The molecule has 0 atom stereocenters. The molecule has 0 bridgehead atoms. The van der Waals surface area contributed by atoms with Gasteiger partial charge in [0.2, 0.25) is 15.9 Å². The SMILES string of the molecule is Cc1ccc(S(=O)(=O)N(CCC(=O)N2CCNCC2)C2CC2)cc1C. The molecule has 0 aromatic heterocycles. The quantitative estimate of drug-likeness (QED) is 0.824. The molecule has 1 heterocycles. The summed E-state index contributed by atoms with van der Waals surface area (Å²) in [6.07, 6.45) is 2.01. The van der Waals surface area contributed by atoms with Gasteiger partial charge in [0.15, 0.2) is 0 Å². The lowest BCUT2D eigenvalue weighted by atomic mass is 10.1. The van der Waals surface area contributed by atoms with Crippen LogP contribution < -0.4 is 5.32 Å². The van der Waals surface area contributed by atoms with Gasteiger partial charge >= 0.3 is 0 Å². The molecule has 138 valence electrons. The molecule has 0 unspecified atom stereocenters. The zero-order chi connectivity index (χ0) is 18.0. The first-order valence-corrected chi connectivity index (χ1v) is 10.4. The van der Waals surface area contributed by atoms with Gasteiger partial charge in [-0.1, -0.05) is 6.07 Å². The molecule has 6 nitrogen and oxygen atoms in total. The lowest BCUT2D eigenvalue weighted by Gasteiger charge is -2.29. The van der Waals surface area contributed by atoms with E-state index in [9.17, 15) is 13.2 Å². The standard InChI is InChI=1S/C18H27N3O3S/c1-14-3-6-17(13-15(14)2)25(23,24)21(16-4-5-16)10-7-18(22)20-11-8-19-9-12-20/h3,6,13,16,19H,4-5,7-12H2,1-2H3. The summed E-state index contributed by atoms with van der Waals surface area (Å²) in [5.74, 6) is 0.0439. The Balaban J connectivity index is 1.71. The minimum atomic E-state index is -3.55. The summed E-state index contributed by atoms with van der Waals surface area (Å²) in [7, 11) is -3.55. The van der Waals surface area contributed by atoms with Crippen LogP contribution in [0.15, 0.2) is 23.1 Å². The fourth-order valence-electron chi connectivity index (χ4n) is 3.15. The highest BCUT2D eigenvalue weighted by molar-refractivity contribution is 7.89. The second kappa shape index (κ2) is 7.43. The molecule has 25 heavy (non-hydrogen) atoms. The number of carbonyl (C=O) groups excluding carboxylic acids is 1. The summed E-state index contributed by atoms with van der Waals surface area (Å²) in [6.45, 7) is 7.17. The van der Waals surface area contributed by atoms with E-state index >= 15 is 0 Å². The summed E-state index contributed by atoms with van der Waals surface area (Å²) < 4.78 is 27.7. The first-order valence-electron chi connectivity index (χ1n) is 8.97. The van der Waals surface area contributed by atoms with E-state index in [-0.39, 0.29) is 24.9 Å². The molecule has 7 heteroatoms. The Labute approximate surface area is 150 Å². The van der Waals surface area contributed by atoms with Gasteiger partial charge < -0.3 is 10.2 Å². The number of hydrogen-bond acceptors (Lipinski definition) is 4. The van der Waals surface area contributed by atoms with Crippen LogP contribution in [-0.4, -0.2) is 62.3 Å². The van der Waals surface area contributed by atoms with Gasteiger partial charge in [0.25, 0.3) is 0 Å². The fraction of sp³-hybridized carbons (Fsp3) is 0.611. The van der Waals surface area contributed by atoms with Crippen molar-refractivity contribution in [2.24, 2.45) is 0 Å². The normalized spacial score (nSPS) is 18.6. The van der Waals surface area contributed by atoms with Crippen LogP contribution >= 0.6 is 0 Å². The predicted octanol–water partition coefficient (Wildman–Crippen LogP) is 1.28. The highest BCUT2D eigenvalue weighted by Gasteiger charge is 2.38. The van der Waals surface area contributed by atoms with Gasteiger partial charge in [-0.05, 0) is 49.9 Å². The molecule has 3 rings (SSSR count). The Morgan fingerprint density at radius 3 is 2.48 bits per heavy atom. The van der Waals surface area contributed by atoms with E-state index in [2.05, 4.69) is 5.32 Å². The van der Waals surface area contributed by atoms with E-state index in [1.54, 1.807) is 12.1 Å². The van der Waals surface area contributed by atoms with Crippen molar-refractivity contribution in [2.45, 2.75) is 44.0 Å². The summed E-state index contributed by atoms with van der Waals surface area (Å²) in [6, 6.07) is 5.30. The molecule has 0 spiro atoms. The van der Waals surface area contributed by atoms with Crippen LogP contribution in [0, 0.1) is 13.8 Å². The maximum absolute atomic E-state index is 13.1. The molecule has 1 amide bonds. The monoisotopic (exact) mass is 365 g/mol. The van der Waals surface area contributed by atoms with E-state index in [1.807, 2.05) is 24.8 Å². The van der Waals surface area contributed by atoms with Gasteiger partial charge in [-0.25, -0.2) is 8.42 Å². The van der Waals surface area contributed by atoms with Gasteiger partial charge in [0.05, 0.1) is 4.90 Å². The smallest absolute Gasteiger partial charge is 0.243 e. The average Bonchev–Trinajstić information content (AvgIpc) is 3.42. The van der Waals surface area contributed by atoms with Crippen molar-refractivity contribution in [2.75, 3.05) is 32.7 Å². The van der Waals surface area contributed by atoms with Crippen molar-refractivity contribution in [1.29, 1.82) is 0 Å². The second-order valence-corrected chi connectivity index (χ2v) is 8.86. The Kier molecular flexibility index (Phi) is 5.46. The third-order valence-corrected chi connectivity index (χ3v) is 7.00. The Hall–Kier alpha value is -1.44. The molecule has 1 aromatic rings. The molecule has 1 saturated heterocycles. The molecule has 0 radical (unpaired) electrons. The minimum Gasteiger partial charge on any atom is -0.340 e. The minimum absolute atomic E-state index is 0.0439. The number of amides is 1. The van der Waals surface area contributed by atoms with Crippen LogP contribution in [0.1, 0.15) is 30.4 Å². The van der Waals surface area contributed by atoms with E-state index in [4.69, 9.17) is 0 Å². The Morgan fingerprint density at radius 1 is 1.20 bits per heavy atom. The highest BCUT2D eigenvalue weighted by atomic mass is 32.2. The summed E-state index contributed by atoms with van der Waals surface area (Å²) in [5.41, 5.74) is 2.04. The topological polar surface area (TPSA) is 69.7 Å². The predicted molar refractivity (Wildman–Crippen MR) is 96.9 cm³/mol. The van der Waals surface area contributed by atoms with E-state index in [1.165, 1.54) is 4.31 Å². The molecule has 1 saturated carbocycles. The van der Waals surface area contributed by atoms with Crippen LogP contribution in [0.3, 0.4) is 0 Å². The van der Waals surface area contributed by atoms with Crippen molar-refractivity contribution in [3.8, 4) is 0 Å². The molecule has 1 aliphatic carbocycles. The number of sulfonamides is 1.